The van der Waals surface area contributed by atoms with Crippen molar-refractivity contribution in [3.63, 3.8) is 0 Å². The summed E-state index contributed by atoms with van der Waals surface area (Å²) in [5.41, 5.74) is 4.00. The van der Waals surface area contributed by atoms with Crippen LogP contribution in [0.3, 0.4) is 0 Å². The molecule has 0 radical (unpaired) electrons. The van der Waals surface area contributed by atoms with Crippen LogP contribution in [-0.4, -0.2) is 5.91 Å². The molecule has 0 saturated carbocycles. The second-order valence-corrected chi connectivity index (χ2v) is 10.6. The summed E-state index contributed by atoms with van der Waals surface area (Å²) in [5.74, 6) is 0.132. The predicted molar refractivity (Wildman–Crippen MR) is 112 cm³/mol. The minimum Gasteiger partial charge on any atom is -0.301 e. The minimum absolute atomic E-state index is 0.132. The zero-order valence-electron chi connectivity index (χ0n) is 14.2. The van der Waals surface area contributed by atoms with E-state index in [1.165, 1.54) is 10.4 Å². The zero-order valence-corrected chi connectivity index (χ0v) is 17.4. The van der Waals surface area contributed by atoms with Crippen LogP contribution in [0.5, 0.6) is 0 Å². The molecule has 0 unspecified atom stereocenters. The maximum Gasteiger partial charge on any atom is 0.233 e. The Hall–Kier alpha value is -1.34. The fourth-order valence-corrected chi connectivity index (χ4v) is 7.41. The Morgan fingerprint density at radius 2 is 2.04 bits per heavy atom. The van der Waals surface area contributed by atoms with Crippen molar-refractivity contribution in [2.75, 3.05) is 4.90 Å². The first-order chi connectivity index (χ1) is 11.9. The number of fused-ring (bicyclic) bond motifs is 3. The summed E-state index contributed by atoms with van der Waals surface area (Å²) >= 11 is 7.25. The number of benzene rings is 1. The number of aryl methyl sites for hydroxylation is 1. The van der Waals surface area contributed by atoms with Crippen LogP contribution in [0.2, 0.25) is 0 Å². The molecular weight excluding hydrogens is 386 g/mol. The maximum atomic E-state index is 13.3. The molecule has 25 heavy (non-hydrogen) atoms. The minimum atomic E-state index is -0.399. The van der Waals surface area contributed by atoms with Gasteiger partial charge in [-0.05, 0) is 44.4 Å². The second kappa shape index (κ2) is 6.13. The summed E-state index contributed by atoms with van der Waals surface area (Å²) in [4.78, 5) is 17.5. The lowest BCUT2D eigenvalue weighted by Gasteiger charge is -2.43. The van der Waals surface area contributed by atoms with Crippen LogP contribution >= 0.6 is 44.2 Å². The fraction of sp³-hybridized carbons (Fsp3) is 0.263. The fourth-order valence-electron chi connectivity index (χ4n) is 3.43. The molecule has 0 N–H and O–H groups in total. The molecule has 1 aromatic carbocycles. The Morgan fingerprint density at radius 3 is 2.76 bits per heavy atom. The third-order valence-corrected chi connectivity index (χ3v) is 8.77. The van der Waals surface area contributed by atoms with Crippen LogP contribution in [0.25, 0.3) is 11.1 Å². The molecule has 0 bridgehead atoms. The lowest BCUT2D eigenvalue weighted by atomic mass is 9.86. The van der Waals surface area contributed by atoms with E-state index in [0.29, 0.717) is 6.42 Å². The van der Waals surface area contributed by atoms with Gasteiger partial charge in [0.2, 0.25) is 5.91 Å². The van der Waals surface area contributed by atoms with Crippen LogP contribution in [-0.2, 0) is 16.8 Å². The summed E-state index contributed by atoms with van der Waals surface area (Å²) in [6, 6.07) is 10.3. The summed E-state index contributed by atoms with van der Waals surface area (Å²) < 4.78 is 0.922. The second-order valence-electron chi connectivity index (χ2n) is 6.72. The van der Waals surface area contributed by atoms with Gasteiger partial charge in [-0.25, -0.2) is 0 Å². The first kappa shape index (κ1) is 17.1. The summed E-state index contributed by atoms with van der Waals surface area (Å²) in [6.45, 7) is 6.33. The summed E-state index contributed by atoms with van der Waals surface area (Å²) in [7, 11) is 3.34. The standard InChI is InChI=1S/C19H17NOS4/c1-11-6-7-14-13(9-11)16-17(24-25-18(16)22)19(2,3)20(14)15(21)10-12-5-4-8-23-12/h4-9H,10H2,1-3H3. The van der Waals surface area contributed by atoms with Gasteiger partial charge in [0.15, 0.2) is 0 Å². The van der Waals surface area contributed by atoms with Crippen LogP contribution in [0, 0.1) is 10.7 Å². The number of rotatable bonds is 2. The molecule has 0 spiro atoms. The van der Waals surface area contributed by atoms with Crippen molar-refractivity contribution in [2.45, 2.75) is 32.7 Å². The molecule has 4 rings (SSSR count). The smallest absolute Gasteiger partial charge is 0.233 e. The number of nitrogens with zero attached hydrogens (tertiary/aromatic N) is 1. The van der Waals surface area contributed by atoms with Gasteiger partial charge in [0.25, 0.3) is 0 Å². The van der Waals surface area contributed by atoms with Crippen molar-refractivity contribution in [3.8, 4) is 11.1 Å². The Morgan fingerprint density at radius 1 is 1.24 bits per heavy atom. The first-order valence-corrected chi connectivity index (χ1v) is 11.4. The van der Waals surface area contributed by atoms with Crippen molar-refractivity contribution < 1.29 is 4.79 Å². The Balaban J connectivity index is 1.90. The van der Waals surface area contributed by atoms with E-state index in [-0.39, 0.29) is 5.91 Å². The lowest BCUT2D eigenvalue weighted by molar-refractivity contribution is -0.119. The highest BCUT2D eigenvalue weighted by atomic mass is 32.9. The Bertz CT molecular complexity index is 1010. The van der Waals surface area contributed by atoms with Gasteiger partial charge >= 0.3 is 0 Å². The largest absolute Gasteiger partial charge is 0.301 e. The quantitative estimate of drug-likeness (QED) is 0.364. The van der Waals surface area contributed by atoms with E-state index in [0.717, 1.165) is 25.5 Å². The van der Waals surface area contributed by atoms with Crippen LogP contribution in [0.4, 0.5) is 5.69 Å². The van der Waals surface area contributed by atoms with E-state index < -0.39 is 5.54 Å². The van der Waals surface area contributed by atoms with Gasteiger partial charge in [0, 0.05) is 16.0 Å². The van der Waals surface area contributed by atoms with E-state index in [4.69, 9.17) is 12.2 Å². The van der Waals surface area contributed by atoms with Crippen LogP contribution in [0.15, 0.2) is 35.7 Å². The number of hydrogen-bond acceptors (Lipinski definition) is 5. The Labute approximate surface area is 163 Å². The third-order valence-electron chi connectivity index (χ3n) is 4.56. The number of carbonyl (C=O) groups is 1. The molecule has 0 atom stereocenters. The van der Waals surface area contributed by atoms with Gasteiger partial charge in [-0.3, -0.25) is 4.79 Å². The van der Waals surface area contributed by atoms with Crippen LogP contribution < -0.4 is 4.90 Å². The van der Waals surface area contributed by atoms with Crippen molar-refractivity contribution >= 4 is 55.8 Å². The van der Waals surface area contributed by atoms with Gasteiger partial charge in [-0.15, -0.1) is 11.3 Å². The molecular formula is C19H17NOS4. The van der Waals surface area contributed by atoms with Crippen LogP contribution in [0.1, 0.15) is 29.2 Å². The van der Waals surface area contributed by atoms with E-state index in [2.05, 4.69) is 39.0 Å². The van der Waals surface area contributed by atoms with Gasteiger partial charge in [0.05, 0.1) is 22.5 Å². The highest BCUT2D eigenvalue weighted by molar-refractivity contribution is 7.80. The Kier molecular flexibility index (Phi) is 4.19. The van der Waals surface area contributed by atoms with Crippen molar-refractivity contribution in [1.82, 2.24) is 0 Å². The SMILES string of the molecule is Cc1ccc2c(c1)-c1c(ssc1=S)C(C)(C)N2C(=O)Cc1cccs1. The van der Waals surface area contributed by atoms with Crippen molar-refractivity contribution in [1.29, 1.82) is 0 Å². The topological polar surface area (TPSA) is 20.3 Å². The number of amides is 1. The lowest BCUT2D eigenvalue weighted by Crippen LogP contribution is -2.48. The number of thiophene rings is 1. The predicted octanol–water partition coefficient (Wildman–Crippen LogP) is 6.40. The molecule has 1 amide bonds. The van der Waals surface area contributed by atoms with E-state index >= 15 is 0 Å². The van der Waals surface area contributed by atoms with Crippen molar-refractivity contribution in [3.05, 3.63) is 54.9 Å². The molecule has 0 aliphatic carbocycles. The molecule has 2 nitrogen and oxygen atoms in total. The highest BCUT2D eigenvalue weighted by Gasteiger charge is 2.42. The maximum absolute atomic E-state index is 13.3. The molecule has 0 fully saturated rings. The van der Waals surface area contributed by atoms with E-state index in [9.17, 15) is 4.79 Å². The van der Waals surface area contributed by atoms with E-state index in [1.807, 2.05) is 22.4 Å². The first-order valence-electron chi connectivity index (χ1n) is 7.99. The molecule has 128 valence electrons. The molecule has 2 aromatic heterocycles. The average molecular weight is 404 g/mol. The summed E-state index contributed by atoms with van der Waals surface area (Å²) in [6.07, 6.45) is 0.430. The number of carbonyl (C=O) groups excluding carboxylic acids is 1. The molecule has 3 heterocycles. The van der Waals surface area contributed by atoms with E-state index in [1.54, 1.807) is 32.0 Å². The normalized spacial score (nSPS) is 14.9. The number of hydrogen-bond donors (Lipinski definition) is 0. The van der Waals surface area contributed by atoms with Gasteiger partial charge in [-0.2, -0.15) is 0 Å². The molecule has 0 saturated heterocycles. The third kappa shape index (κ3) is 2.72. The monoisotopic (exact) mass is 403 g/mol. The van der Waals surface area contributed by atoms with Gasteiger partial charge in [0.1, 0.15) is 3.82 Å². The van der Waals surface area contributed by atoms with Crippen molar-refractivity contribution in [2.24, 2.45) is 0 Å². The summed E-state index contributed by atoms with van der Waals surface area (Å²) in [5, 5.41) is 2.02. The number of anilines is 1. The van der Waals surface area contributed by atoms with Gasteiger partial charge < -0.3 is 4.90 Å². The zero-order chi connectivity index (χ0) is 17.8. The van der Waals surface area contributed by atoms with Gasteiger partial charge in [-0.1, -0.05) is 50.6 Å². The molecule has 1 aliphatic heterocycles. The molecule has 3 aromatic rings. The molecule has 6 heteroatoms. The molecule has 1 aliphatic rings. The highest BCUT2D eigenvalue weighted by Crippen LogP contribution is 2.52. The average Bonchev–Trinajstić information content (AvgIpc) is 3.18.